The average Bonchev–Trinajstić information content (AvgIpc) is 2.47. The summed E-state index contributed by atoms with van der Waals surface area (Å²) in [5.74, 6) is 0.398. The van der Waals surface area contributed by atoms with Gasteiger partial charge in [0.15, 0.2) is 0 Å². The second-order valence-corrected chi connectivity index (χ2v) is 5.47. The molecule has 0 aliphatic rings. The first-order valence-corrected chi connectivity index (χ1v) is 7.22. The topological polar surface area (TPSA) is 38.7 Å². The highest BCUT2D eigenvalue weighted by Crippen LogP contribution is 2.27. The van der Waals surface area contributed by atoms with Gasteiger partial charge in [-0.2, -0.15) is 0 Å². The molecule has 0 radical (unpaired) electrons. The summed E-state index contributed by atoms with van der Waals surface area (Å²) in [6, 6.07) is 8.16. The number of thioether (sulfide) groups is 1. The standard InChI is InChI=1S/C14H9ClFN3S/c15-13-4-1-9(6-17-13)7-20-14-11-5-10(16)2-3-12(11)18-8-19-14/h1-6,8H,7H2. The Hall–Kier alpha value is -1.72. The number of halogens is 2. The molecule has 20 heavy (non-hydrogen) atoms. The Kier molecular flexibility index (Phi) is 3.80. The fourth-order valence-electron chi connectivity index (χ4n) is 1.76. The Bertz CT molecular complexity index is 749. The summed E-state index contributed by atoms with van der Waals surface area (Å²) in [7, 11) is 0. The number of aromatic nitrogens is 3. The molecule has 0 atom stereocenters. The molecule has 2 aromatic heterocycles. The summed E-state index contributed by atoms with van der Waals surface area (Å²) in [4.78, 5) is 12.4. The molecule has 3 nitrogen and oxygen atoms in total. The van der Waals surface area contributed by atoms with Crippen molar-refractivity contribution in [2.24, 2.45) is 0 Å². The first-order valence-electron chi connectivity index (χ1n) is 5.86. The van der Waals surface area contributed by atoms with Crippen LogP contribution in [0.15, 0.2) is 47.9 Å². The van der Waals surface area contributed by atoms with Crippen LogP contribution in [-0.4, -0.2) is 15.0 Å². The van der Waals surface area contributed by atoms with Gasteiger partial charge in [-0.05, 0) is 29.8 Å². The molecule has 0 aliphatic heterocycles. The maximum absolute atomic E-state index is 13.3. The van der Waals surface area contributed by atoms with Crippen LogP contribution in [0, 0.1) is 5.82 Å². The Labute approximate surface area is 124 Å². The number of benzene rings is 1. The maximum Gasteiger partial charge on any atom is 0.129 e. The van der Waals surface area contributed by atoms with Gasteiger partial charge < -0.3 is 0 Å². The summed E-state index contributed by atoms with van der Waals surface area (Å²) in [6.07, 6.45) is 3.21. The molecule has 0 aliphatic carbocycles. The number of hydrogen-bond acceptors (Lipinski definition) is 4. The van der Waals surface area contributed by atoms with Crippen LogP contribution in [0.3, 0.4) is 0 Å². The van der Waals surface area contributed by atoms with Crippen molar-refractivity contribution in [3.63, 3.8) is 0 Å². The lowest BCUT2D eigenvalue weighted by Crippen LogP contribution is -1.89. The van der Waals surface area contributed by atoms with E-state index in [2.05, 4.69) is 15.0 Å². The van der Waals surface area contributed by atoms with Gasteiger partial charge in [0.2, 0.25) is 0 Å². The summed E-state index contributed by atoms with van der Waals surface area (Å²) in [5, 5.41) is 1.94. The van der Waals surface area contributed by atoms with Gasteiger partial charge in [0, 0.05) is 17.3 Å². The maximum atomic E-state index is 13.3. The number of pyridine rings is 1. The van der Waals surface area contributed by atoms with E-state index < -0.39 is 0 Å². The number of fused-ring (bicyclic) bond motifs is 1. The number of hydrogen-bond donors (Lipinski definition) is 0. The molecule has 3 rings (SSSR count). The lowest BCUT2D eigenvalue weighted by molar-refractivity contribution is 0.629. The van der Waals surface area contributed by atoms with Crippen LogP contribution >= 0.6 is 23.4 Å². The zero-order valence-corrected chi connectivity index (χ0v) is 11.8. The summed E-state index contributed by atoms with van der Waals surface area (Å²) in [6.45, 7) is 0. The van der Waals surface area contributed by atoms with Crippen molar-refractivity contribution in [3.8, 4) is 0 Å². The summed E-state index contributed by atoms with van der Waals surface area (Å²) >= 11 is 7.26. The molecule has 1 aromatic carbocycles. The van der Waals surface area contributed by atoms with Gasteiger partial charge in [-0.15, -0.1) is 11.8 Å². The van der Waals surface area contributed by atoms with E-state index in [9.17, 15) is 4.39 Å². The minimum absolute atomic E-state index is 0.290. The second-order valence-electron chi connectivity index (χ2n) is 4.12. The Morgan fingerprint density at radius 2 is 2.00 bits per heavy atom. The number of rotatable bonds is 3. The van der Waals surface area contributed by atoms with Crippen LogP contribution in [-0.2, 0) is 5.75 Å². The molecule has 6 heteroatoms. The number of nitrogens with zero attached hydrogens (tertiary/aromatic N) is 3. The quantitative estimate of drug-likeness (QED) is 0.415. The van der Waals surface area contributed by atoms with E-state index in [4.69, 9.17) is 11.6 Å². The lowest BCUT2D eigenvalue weighted by Gasteiger charge is -2.05. The second kappa shape index (κ2) is 5.73. The van der Waals surface area contributed by atoms with Gasteiger partial charge >= 0.3 is 0 Å². The average molecular weight is 306 g/mol. The molecule has 2 heterocycles. The molecule has 0 N–H and O–H groups in total. The Morgan fingerprint density at radius 3 is 2.80 bits per heavy atom. The zero-order chi connectivity index (χ0) is 13.9. The first kappa shape index (κ1) is 13.3. The minimum atomic E-state index is -0.290. The van der Waals surface area contributed by atoms with Gasteiger partial charge in [-0.3, -0.25) is 0 Å². The van der Waals surface area contributed by atoms with E-state index in [1.54, 1.807) is 18.3 Å². The third-order valence-electron chi connectivity index (χ3n) is 2.73. The molecule has 0 amide bonds. The van der Waals surface area contributed by atoms with Crippen LogP contribution in [0.4, 0.5) is 4.39 Å². The van der Waals surface area contributed by atoms with E-state index >= 15 is 0 Å². The van der Waals surface area contributed by atoms with Crippen LogP contribution in [0.25, 0.3) is 10.9 Å². The molecular weight excluding hydrogens is 297 g/mol. The van der Waals surface area contributed by atoms with Gasteiger partial charge in [0.25, 0.3) is 0 Å². The van der Waals surface area contributed by atoms with Gasteiger partial charge in [0.05, 0.1) is 5.52 Å². The van der Waals surface area contributed by atoms with Crippen molar-refractivity contribution in [2.45, 2.75) is 10.8 Å². The van der Waals surface area contributed by atoms with Crippen molar-refractivity contribution in [3.05, 3.63) is 59.4 Å². The van der Waals surface area contributed by atoms with E-state index in [-0.39, 0.29) is 5.82 Å². The molecule has 0 saturated heterocycles. The molecule has 0 bridgehead atoms. The third kappa shape index (κ3) is 2.89. The van der Waals surface area contributed by atoms with Gasteiger partial charge in [-0.1, -0.05) is 17.7 Å². The molecule has 100 valence electrons. The zero-order valence-electron chi connectivity index (χ0n) is 10.3. The van der Waals surface area contributed by atoms with Crippen molar-refractivity contribution in [1.29, 1.82) is 0 Å². The highest BCUT2D eigenvalue weighted by Gasteiger charge is 2.06. The Morgan fingerprint density at radius 1 is 1.10 bits per heavy atom. The van der Waals surface area contributed by atoms with E-state index in [1.807, 2.05) is 6.07 Å². The smallest absolute Gasteiger partial charge is 0.129 e. The minimum Gasteiger partial charge on any atom is -0.244 e. The lowest BCUT2D eigenvalue weighted by atomic mass is 10.2. The predicted molar refractivity (Wildman–Crippen MR) is 78.3 cm³/mol. The van der Waals surface area contributed by atoms with E-state index in [0.29, 0.717) is 10.9 Å². The fourth-order valence-corrected chi connectivity index (χ4v) is 2.79. The highest BCUT2D eigenvalue weighted by molar-refractivity contribution is 7.98. The third-order valence-corrected chi connectivity index (χ3v) is 4.03. The monoisotopic (exact) mass is 305 g/mol. The van der Waals surface area contributed by atoms with Gasteiger partial charge in [0.1, 0.15) is 22.3 Å². The predicted octanol–water partition coefficient (Wildman–Crippen LogP) is 4.11. The summed E-state index contributed by atoms with van der Waals surface area (Å²) < 4.78 is 13.3. The first-order chi connectivity index (χ1) is 9.72. The van der Waals surface area contributed by atoms with E-state index in [1.165, 1.54) is 30.2 Å². The van der Waals surface area contributed by atoms with Crippen LogP contribution < -0.4 is 0 Å². The van der Waals surface area contributed by atoms with Crippen LogP contribution in [0.2, 0.25) is 5.15 Å². The SMILES string of the molecule is Fc1ccc2ncnc(SCc3ccc(Cl)nc3)c2c1. The van der Waals surface area contributed by atoms with Crippen LogP contribution in [0.5, 0.6) is 0 Å². The van der Waals surface area contributed by atoms with E-state index in [0.717, 1.165) is 21.5 Å². The van der Waals surface area contributed by atoms with Crippen LogP contribution in [0.1, 0.15) is 5.56 Å². The molecule has 3 aromatic rings. The largest absolute Gasteiger partial charge is 0.244 e. The molecule has 0 saturated carbocycles. The van der Waals surface area contributed by atoms with Crippen molar-refractivity contribution in [1.82, 2.24) is 15.0 Å². The Balaban J connectivity index is 1.87. The van der Waals surface area contributed by atoms with Crippen molar-refractivity contribution in [2.75, 3.05) is 0 Å². The van der Waals surface area contributed by atoms with Crippen molar-refractivity contribution < 1.29 is 4.39 Å². The summed E-state index contributed by atoms with van der Waals surface area (Å²) in [5.41, 5.74) is 1.76. The molecular formula is C14H9ClFN3S. The molecule has 0 fully saturated rings. The normalized spacial score (nSPS) is 10.9. The van der Waals surface area contributed by atoms with Gasteiger partial charge in [-0.25, -0.2) is 19.3 Å². The van der Waals surface area contributed by atoms with Crippen molar-refractivity contribution >= 4 is 34.3 Å². The fraction of sp³-hybridized carbons (Fsp3) is 0.0714. The highest BCUT2D eigenvalue weighted by atomic mass is 35.5. The molecule has 0 unspecified atom stereocenters. The molecule has 0 spiro atoms.